The third-order valence-electron chi connectivity index (χ3n) is 3.51. The molecule has 26 heavy (non-hydrogen) atoms. The fourth-order valence-electron chi connectivity index (χ4n) is 2.14. The first kappa shape index (κ1) is 19.8. The molecule has 2 aromatic rings. The van der Waals surface area contributed by atoms with Crippen molar-refractivity contribution < 1.29 is 26.7 Å². The van der Waals surface area contributed by atoms with Gasteiger partial charge in [0.25, 0.3) is 0 Å². The van der Waals surface area contributed by atoms with Crippen LogP contribution in [-0.2, 0) is 27.8 Å². The number of carbonyl (C=O) groups is 1. The number of ether oxygens (including phenoxy) is 1. The second-order valence-electron chi connectivity index (χ2n) is 5.33. The largest absolute Gasteiger partial charge is 0.435 e. The topological polar surface area (TPSA) is 84.5 Å². The number of carbonyl (C=O) groups excluding carboxylic acids is 1. The van der Waals surface area contributed by atoms with Gasteiger partial charge < -0.3 is 10.1 Å². The predicted molar refractivity (Wildman–Crippen MR) is 91.3 cm³/mol. The van der Waals surface area contributed by atoms with Crippen molar-refractivity contribution in [3.05, 3.63) is 59.7 Å². The van der Waals surface area contributed by atoms with Gasteiger partial charge in [0.1, 0.15) is 5.75 Å². The number of amides is 1. The van der Waals surface area contributed by atoms with Gasteiger partial charge in [0.05, 0.1) is 11.3 Å². The fourth-order valence-corrected chi connectivity index (χ4v) is 2.87. The Kier molecular flexibility index (Phi) is 6.64. The van der Waals surface area contributed by atoms with E-state index in [-0.39, 0.29) is 29.5 Å². The molecule has 0 saturated heterocycles. The molecule has 140 valence electrons. The zero-order valence-corrected chi connectivity index (χ0v) is 14.7. The fraction of sp³-hybridized carbons (Fsp3) is 0.235. The molecule has 0 bridgehead atoms. The third-order valence-corrected chi connectivity index (χ3v) is 4.94. The highest BCUT2D eigenvalue weighted by Crippen LogP contribution is 2.15. The monoisotopic (exact) mass is 384 g/mol. The maximum Gasteiger partial charge on any atom is 0.387 e. The third kappa shape index (κ3) is 5.78. The van der Waals surface area contributed by atoms with Crippen LogP contribution in [0.2, 0.25) is 0 Å². The molecule has 1 amide bonds. The first-order chi connectivity index (χ1) is 12.3. The van der Waals surface area contributed by atoms with Crippen LogP contribution in [0.25, 0.3) is 0 Å². The van der Waals surface area contributed by atoms with Crippen LogP contribution >= 0.6 is 0 Å². The Morgan fingerprint density at radius 2 is 1.62 bits per heavy atom. The molecule has 6 nitrogen and oxygen atoms in total. The standard InChI is InChI=1S/C17H18F2N2O4S/c1-20-26(23,24)15-8-4-13(5-9-15)11-21-16(22)10-12-2-6-14(7-3-12)25-17(18)19/h2-9,17,20H,10-11H2,1H3,(H,21,22). The Morgan fingerprint density at radius 1 is 1.04 bits per heavy atom. The highest BCUT2D eigenvalue weighted by molar-refractivity contribution is 7.89. The van der Waals surface area contributed by atoms with Gasteiger partial charge in [0.2, 0.25) is 15.9 Å². The number of benzene rings is 2. The molecule has 0 unspecified atom stereocenters. The van der Waals surface area contributed by atoms with Gasteiger partial charge >= 0.3 is 6.61 Å². The van der Waals surface area contributed by atoms with E-state index < -0.39 is 16.6 Å². The van der Waals surface area contributed by atoms with Crippen LogP contribution in [0.5, 0.6) is 5.75 Å². The SMILES string of the molecule is CNS(=O)(=O)c1ccc(CNC(=O)Cc2ccc(OC(F)F)cc2)cc1. The highest BCUT2D eigenvalue weighted by Gasteiger charge is 2.11. The van der Waals surface area contributed by atoms with E-state index in [0.717, 1.165) is 5.56 Å². The second-order valence-corrected chi connectivity index (χ2v) is 7.21. The highest BCUT2D eigenvalue weighted by atomic mass is 32.2. The van der Waals surface area contributed by atoms with Crippen LogP contribution in [0.15, 0.2) is 53.4 Å². The quantitative estimate of drug-likeness (QED) is 0.730. The minimum atomic E-state index is -3.49. The summed E-state index contributed by atoms with van der Waals surface area (Å²) in [6.45, 7) is -2.65. The maximum atomic E-state index is 12.1. The summed E-state index contributed by atoms with van der Waals surface area (Å²) < 4.78 is 53.9. The Labute approximate surface area is 150 Å². The van der Waals surface area contributed by atoms with Crippen LogP contribution in [0.4, 0.5) is 8.78 Å². The van der Waals surface area contributed by atoms with Gasteiger partial charge in [-0.25, -0.2) is 13.1 Å². The lowest BCUT2D eigenvalue weighted by Gasteiger charge is -2.08. The molecule has 0 heterocycles. The van der Waals surface area contributed by atoms with Crippen molar-refractivity contribution in [3.8, 4) is 5.75 Å². The van der Waals surface area contributed by atoms with Gasteiger partial charge in [-0.1, -0.05) is 24.3 Å². The molecular formula is C17H18F2N2O4S. The first-order valence-electron chi connectivity index (χ1n) is 7.63. The van der Waals surface area contributed by atoms with Crippen molar-refractivity contribution >= 4 is 15.9 Å². The molecule has 2 aromatic carbocycles. The Balaban J connectivity index is 1.87. The normalized spacial score (nSPS) is 11.4. The van der Waals surface area contributed by atoms with Gasteiger partial charge in [-0.05, 0) is 42.4 Å². The van der Waals surface area contributed by atoms with Gasteiger partial charge in [-0.2, -0.15) is 8.78 Å². The summed E-state index contributed by atoms with van der Waals surface area (Å²) in [6, 6.07) is 11.9. The predicted octanol–water partition coefficient (Wildman–Crippen LogP) is 2.05. The molecule has 0 aliphatic carbocycles. The van der Waals surface area contributed by atoms with Crippen LogP contribution in [0.3, 0.4) is 0 Å². The Bertz CT molecular complexity index is 838. The summed E-state index contributed by atoms with van der Waals surface area (Å²) in [6.07, 6.45) is 0.0845. The molecule has 0 radical (unpaired) electrons. The molecule has 0 aliphatic rings. The van der Waals surface area contributed by atoms with Crippen molar-refractivity contribution in [2.45, 2.75) is 24.5 Å². The molecule has 0 aromatic heterocycles. The van der Waals surface area contributed by atoms with E-state index in [1.165, 1.54) is 43.4 Å². The van der Waals surface area contributed by atoms with Gasteiger partial charge in [-0.15, -0.1) is 0 Å². The number of nitrogens with one attached hydrogen (secondary N) is 2. The Morgan fingerprint density at radius 3 is 2.15 bits per heavy atom. The summed E-state index contributed by atoms with van der Waals surface area (Å²) in [5.74, 6) is -0.222. The lowest BCUT2D eigenvalue weighted by atomic mass is 10.1. The van der Waals surface area contributed by atoms with Crippen molar-refractivity contribution in [1.29, 1.82) is 0 Å². The van der Waals surface area contributed by atoms with E-state index in [2.05, 4.69) is 14.8 Å². The van der Waals surface area contributed by atoms with E-state index in [0.29, 0.717) is 5.56 Å². The van der Waals surface area contributed by atoms with Crippen LogP contribution in [0, 0.1) is 0 Å². The number of hydrogen-bond acceptors (Lipinski definition) is 4. The average molecular weight is 384 g/mol. The van der Waals surface area contributed by atoms with Crippen LogP contribution < -0.4 is 14.8 Å². The first-order valence-corrected chi connectivity index (χ1v) is 9.11. The summed E-state index contributed by atoms with van der Waals surface area (Å²) in [5, 5.41) is 2.71. The lowest BCUT2D eigenvalue weighted by Crippen LogP contribution is -2.24. The smallest absolute Gasteiger partial charge is 0.387 e. The summed E-state index contributed by atoms with van der Waals surface area (Å²) in [4.78, 5) is 12.1. The second kappa shape index (κ2) is 8.72. The molecule has 0 spiro atoms. The average Bonchev–Trinajstić information content (AvgIpc) is 2.61. The molecule has 2 rings (SSSR count). The van der Waals surface area contributed by atoms with E-state index in [1.807, 2.05) is 0 Å². The molecule has 0 fully saturated rings. The molecule has 9 heteroatoms. The van der Waals surface area contributed by atoms with Gasteiger partial charge in [0.15, 0.2) is 0 Å². The van der Waals surface area contributed by atoms with E-state index >= 15 is 0 Å². The van der Waals surface area contributed by atoms with Crippen molar-refractivity contribution in [2.75, 3.05) is 7.05 Å². The zero-order valence-electron chi connectivity index (χ0n) is 13.9. The number of halogens is 2. The number of hydrogen-bond donors (Lipinski definition) is 2. The number of alkyl halides is 2. The molecule has 0 aliphatic heterocycles. The minimum Gasteiger partial charge on any atom is -0.435 e. The van der Waals surface area contributed by atoms with E-state index in [1.54, 1.807) is 12.1 Å². The van der Waals surface area contributed by atoms with Crippen LogP contribution in [-0.4, -0.2) is 28.0 Å². The van der Waals surface area contributed by atoms with Crippen molar-refractivity contribution in [2.24, 2.45) is 0 Å². The van der Waals surface area contributed by atoms with Crippen LogP contribution in [0.1, 0.15) is 11.1 Å². The van der Waals surface area contributed by atoms with Gasteiger partial charge in [-0.3, -0.25) is 4.79 Å². The Hall–Kier alpha value is -2.52. The van der Waals surface area contributed by atoms with E-state index in [9.17, 15) is 22.0 Å². The van der Waals surface area contributed by atoms with Gasteiger partial charge in [0, 0.05) is 6.54 Å². The van der Waals surface area contributed by atoms with E-state index in [4.69, 9.17) is 0 Å². The van der Waals surface area contributed by atoms with Crippen molar-refractivity contribution in [1.82, 2.24) is 10.0 Å². The summed E-state index contributed by atoms with van der Waals surface area (Å²) in [7, 11) is -2.16. The summed E-state index contributed by atoms with van der Waals surface area (Å²) in [5.41, 5.74) is 1.40. The lowest BCUT2D eigenvalue weighted by molar-refractivity contribution is -0.120. The molecule has 0 saturated carbocycles. The molecular weight excluding hydrogens is 366 g/mol. The molecule has 0 atom stereocenters. The van der Waals surface area contributed by atoms with Crippen molar-refractivity contribution in [3.63, 3.8) is 0 Å². The minimum absolute atomic E-state index is 0.0285. The molecule has 2 N–H and O–H groups in total. The number of sulfonamides is 1. The zero-order chi connectivity index (χ0) is 19.2. The maximum absolute atomic E-state index is 12.1. The summed E-state index contributed by atoms with van der Waals surface area (Å²) >= 11 is 0. The number of rotatable bonds is 8.